The second-order valence-electron chi connectivity index (χ2n) is 7.26. The van der Waals surface area contributed by atoms with Crippen LogP contribution in [0.1, 0.15) is 29.4 Å². The summed E-state index contributed by atoms with van der Waals surface area (Å²) in [6, 6.07) is 18.5. The summed E-state index contributed by atoms with van der Waals surface area (Å²) in [5.41, 5.74) is 1.60. The van der Waals surface area contributed by atoms with E-state index in [0.29, 0.717) is 17.4 Å². The van der Waals surface area contributed by atoms with Crippen molar-refractivity contribution in [2.75, 3.05) is 6.61 Å². The zero-order valence-electron chi connectivity index (χ0n) is 17.4. The van der Waals surface area contributed by atoms with E-state index in [1.54, 1.807) is 35.8 Å². The predicted octanol–water partition coefficient (Wildman–Crippen LogP) is 3.30. The molecule has 0 atom stereocenters. The fraction of sp³-hybridized carbons (Fsp3) is 0.160. The first-order valence-electron chi connectivity index (χ1n) is 10.2. The second kappa shape index (κ2) is 8.93. The van der Waals surface area contributed by atoms with Gasteiger partial charge in [-0.3, -0.25) is 19.4 Å². The van der Waals surface area contributed by atoms with Crippen molar-refractivity contribution in [1.29, 1.82) is 0 Å². The normalized spacial score (nSPS) is 10.9. The van der Waals surface area contributed by atoms with Crippen LogP contribution in [0.15, 0.2) is 71.7 Å². The van der Waals surface area contributed by atoms with Crippen LogP contribution in [0.2, 0.25) is 0 Å². The molecule has 0 bridgehead atoms. The number of ketones is 2. The molecule has 7 heteroatoms. The lowest BCUT2D eigenvalue weighted by Crippen LogP contribution is -2.25. The third kappa shape index (κ3) is 4.18. The molecule has 7 nitrogen and oxygen atoms in total. The van der Waals surface area contributed by atoms with Gasteiger partial charge in [0.1, 0.15) is 0 Å². The Morgan fingerprint density at radius 3 is 2.53 bits per heavy atom. The van der Waals surface area contributed by atoms with Gasteiger partial charge in [-0.25, -0.2) is 4.79 Å². The summed E-state index contributed by atoms with van der Waals surface area (Å²) in [6.07, 6.45) is 0.711. The standard InChI is InChI=1S/C25H20N2O5/c1-2-32-25(31)23(29)13-22(28)19-15-27(21-10-6-4-8-18(21)24(19)30)14-17-12-11-16-7-3-5-9-20(16)26-17/h3-12,15H,2,13-14H2,1H3. The Labute approximate surface area is 183 Å². The van der Waals surface area contributed by atoms with Gasteiger partial charge in [-0.1, -0.05) is 36.4 Å². The van der Waals surface area contributed by atoms with Crippen molar-refractivity contribution in [1.82, 2.24) is 9.55 Å². The number of benzene rings is 2. The summed E-state index contributed by atoms with van der Waals surface area (Å²) in [6.45, 7) is 1.91. The minimum Gasteiger partial charge on any atom is -0.460 e. The first-order chi connectivity index (χ1) is 15.5. The maximum Gasteiger partial charge on any atom is 0.375 e. The van der Waals surface area contributed by atoms with Gasteiger partial charge in [0.15, 0.2) is 11.2 Å². The number of aromatic nitrogens is 2. The zero-order chi connectivity index (χ0) is 22.7. The van der Waals surface area contributed by atoms with Gasteiger partial charge < -0.3 is 9.30 Å². The maximum absolute atomic E-state index is 12.9. The van der Waals surface area contributed by atoms with Crippen molar-refractivity contribution < 1.29 is 19.1 Å². The molecule has 4 aromatic rings. The number of hydrogen-bond acceptors (Lipinski definition) is 6. The number of carbonyl (C=O) groups is 3. The molecule has 0 spiro atoms. The molecule has 0 N–H and O–H groups in total. The summed E-state index contributed by atoms with van der Waals surface area (Å²) in [4.78, 5) is 54.0. The number of fused-ring (bicyclic) bond motifs is 2. The topological polar surface area (TPSA) is 95.3 Å². The number of esters is 1. The lowest BCUT2D eigenvalue weighted by Gasteiger charge is -2.13. The molecular weight excluding hydrogens is 408 g/mol. The number of nitrogens with zero attached hydrogens (tertiary/aromatic N) is 2. The number of hydrogen-bond donors (Lipinski definition) is 0. The lowest BCUT2D eigenvalue weighted by molar-refractivity contribution is -0.153. The molecule has 2 aromatic heterocycles. The molecule has 0 aliphatic rings. The van der Waals surface area contributed by atoms with E-state index < -0.39 is 29.4 Å². The van der Waals surface area contributed by atoms with Crippen LogP contribution >= 0.6 is 0 Å². The third-order valence-electron chi connectivity index (χ3n) is 5.10. The minimum absolute atomic E-state index is 0.0281. The summed E-state index contributed by atoms with van der Waals surface area (Å²) in [5.74, 6) is -2.78. The average molecular weight is 428 g/mol. The van der Waals surface area contributed by atoms with E-state index in [9.17, 15) is 19.2 Å². The zero-order valence-corrected chi connectivity index (χ0v) is 17.4. The molecule has 0 fully saturated rings. The molecule has 0 radical (unpaired) electrons. The number of ether oxygens (including phenoxy) is 1. The van der Waals surface area contributed by atoms with Crippen molar-refractivity contribution in [2.24, 2.45) is 0 Å². The number of rotatable bonds is 7. The molecule has 32 heavy (non-hydrogen) atoms. The highest BCUT2D eigenvalue weighted by Crippen LogP contribution is 2.17. The van der Waals surface area contributed by atoms with E-state index >= 15 is 0 Å². The molecule has 0 aliphatic heterocycles. The molecule has 0 saturated heterocycles. The van der Waals surface area contributed by atoms with E-state index in [-0.39, 0.29) is 12.2 Å². The average Bonchev–Trinajstić information content (AvgIpc) is 2.81. The van der Waals surface area contributed by atoms with E-state index in [1.165, 1.54) is 6.20 Å². The summed E-state index contributed by atoms with van der Waals surface area (Å²) < 4.78 is 6.41. The van der Waals surface area contributed by atoms with Crippen LogP contribution in [-0.2, 0) is 20.9 Å². The fourth-order valence-corrected chi connectivity index (χ4v) is 3.57. The van der Waals surface area contributed by atoms with Crippen LogP contribution in [-0.4, -0.2) is 33.7 Å². The van der Waals surface area contributed by atoms with Crippen LogP contribution < -0.4 is 5.43 Å². The summed E-state index contributed by atoms with van der Waals surface area (Å²) >= 11 is 0. The number of Topliss-reactive ketones (excluding diaryl/α,β-unsaturated/α-hetero) is 2. The van der Waals surface area contributed by atoms with Gasteiger partial charge in [-0.05, 0) is 31.2 Å². The molecule has 4 rings (SSSR count). The number of para-hydroxylation sites is 2. The van der Waals surface area contributed by atoms with E-state index in [4.69, 9.17) is 0 Å². The molecular formula is C25H20N2O5. The molecule has 0 aliphatic carbocycles. The Balaban J connectivity index is 1.74. The van der Waals surface area contributed by atoms with Crippen molar-refractivity contribution in [2.45, 2.75) is 19.9 Å². The Morgan fingerprint density at radius 1 is 0.969 bits per heavy atom. The molecule has 0 unspecified atom stereocenters. The van der Waals surface area contributed by atoms with Gasteiger partial charge in [0, 0.05) is 17.0 Å². The maximum atomic E-state index is 12.9. The second-order valence-corrected chi connectivity index (χ2v) is 7.26. The number of pyridine rings is 2. The summed E-state index contributed by atoms with van der Waals surface area (Å²) in [7, 11) is 0. The highest BCUT2D eigenvalue weighted by Gasteiger charge is 2.23. The highest BCUT2D eigenvalue weighted by molar-refractivity contribution is 6.38. The van der Waals surface area contributed by atoms with Gasteiger partial charge >= 0.3 is 5.97 Å². The van der Waals surface area contributed by atoms with Gasteiger partial charge in [-0.2, -0.15) is 0 Å². The largest absolute Gasteiger partial charge is 0.460 e. The van der Waals surface area contributed by atoms with Crippen LogP contribution in [0.3, 0.4) is 0 Å². The van der Waals surface area contributed by atoms with Crippen LogP contribution in [0, 0.1) is 0 Å². The SMILES string of the molecule is CCOC(=O)C(=O)CC(=O)c1cn(Cc2ccc3ccccc3n2)c2ccccc2c1=O. The smallest absolute Gasteiger partial charge is 0.375 e. The molecule has 2 heterocycles. The van der Waals surface area contributed by atoms with E-state index in [1.807, 2.05) is 36.4 Å². The van der Waals surface area contributed by atoms with Gasteiger partial charge in [0.25, 0.3) is 0 Å². The van der Waals surface area contributed by atoms with Gasteiger partial charge in [0.05, 0.1) is 41.9 Å². The molecule has 2 aromatic carbocycles. The molecule has 160 valence electrons. The Kier molecular flexibility index (Phi) is 5.89. The van der Waals surface area contributed by atoms with E-state index in [2.05, 4.69) is 9.72 Å². The lowest BCUT2D eigenvalue weighted by atomic mass is 10.0. The highest BCUT2D eigenvalue weighted by atomic mass is 16.5. The van der Waals surface area contributed by atoms with Crippen molar-refractivity contribution in [3.05, 3.63) is 88.3 Å². The van der Waals surface area contributed by atoms with Crippen molar-refractivity contribution in [3.63, 3.8) is 0 Å². The third-order valence-corrected chi connectivity index (χ3v) is 5.10. The molecule has 0 saturated carbocycles. The van der Waals surface area contributed by atoms with Crippen molar-refractivity contribution in [3.8, 4) is 0 Å². The van der Waals surface area contributed by atoms with Crippen LogP contribution in [0.5, 0.6) is 0 Å². The number of carbonyl (C=O) groups excluding carboxylic acids is 3. The molecule has 0 amide bonds. The first kappa shape index (κ1) is 21.1. The Hall–Kier alpha value is -4.13. The quantitative estimate of drug-likeness (QED) is 0.194. The van der Waals surface area contributed by atoms with Crippen molar-refractivity contribution >= 4 is 39.3 Å². The first-order valence-corrected chi connectivity index (χ1v) is 10.2. The minimum atomic E-state index is -1.08. The van der Waals surface area contributed by atoms with Gasteiger partial charge in [0.2, 0.25) is 5.78 Å². The fourth-order valence-electron chi connectivity index (χ4n) is 3.57. The monoisotopic (exact) mass is 428 g/mol. The Morgan fingerprint density at radius 2 is 1.72 bits per heavy atom. The predicted molar refractivity (Wildman–Crippen MR) is 120 cm³/mol. The van der Waals surface area contributed by atoms with E-state index in [0.717, 1.165) is 16.6 Å². The Bertz CT molecular complexity index is 1420. The van der Waals surface area contributed by atoms with Crippen LogP contribution in [0.25, 0.3) is 21.8 Å². The van der Waals surface area contributed by atoms with Gasteiger partial charge in [-0.15, -0.1) is 0 Å². The van der Waals surface area contributed by atoms with Crippen LogP contribution in [0.4, 0.5) is 0 Å². The summed E-state index contributed by atoms with van der Waals surface area (Å²) in [5, 5.41) is 1.36.